The second-order valence-electron chi connectivity index (χ2n) is 6.37. The van der Waals surface area contributed by atoms with Crippen LogP contribution >= 0.6 is 0 Å². The van der Waals surface area contributed by atoms with E-state index in [0.29, 0.717) is 42.5 Å². The average Bonchev–Trinajstić information content (AvgIpc) is 2.64. The summed E-state index contributed by atoms with van der Waals surface area (Å²) >= 11 is 0. The van der Waals surface area contributed by atoms with Crippen molar-refractivity contribution < 1.29 is 17.9 Å². The van der Waals surface area contributed by atoms with Gasteiger partial charge < -0.3 is 9.47 Å². The van der Waals surface area contributed by atoms with E-state index in [1.165, 1.54) is 4.31 Å². The summed E-state index contributed by atoms with van der Waals surface area (Å²) in [4.78, 5) is 0.291. The lowest BCUT2D eigenvalue weighted by Crippen LogP contribution is -2.41. The predicted octanol–water partition coefficient (Wildman–Crippen LogP) is 2.33. The zero-order valence-corrected chi connectivity index (χ0v) is 16.0. The topological polar surface area (TPSA) is 81.6 Å². The van der Waals surface area contributed by atoms with E-state index in [9.17, 15) is 8.42 Å². The van der Waals surface area contributed by atoms with Crippen molar-refractivity contribution in [2.75, 3.05) is 20.2 Å². The van der Waals surface area contributed by atoms with Crippen LogP contribution in [0.4, 0.5) is 0 Å². The Kier molecular flexibility index (Phi) is 5.43. The van der Waals surface area contributed by atoms with Gasteiger partial charge >= 0.3 is 0 Å². The van der Waals surface area contributed by atoms with Gasteiger partial charge in [-0.3, -0.25) is 0 Å². The number of aromatic nitrogens is 2. The van der Waals surface area contributed by atoms with Crippen molar-refractivity contribution in [2.45, 2.75) is 37.7 Å². The first-order chi connectivity index (χ1) is 12.4. The van der Waals surface area contributed by atoms with Crippen molar-refractivity contribution in [2.24, 2.45) is 0 Å². The Morgan fingerprint density at radius 3 is 2.38 bits per heavy atom. The molecule has 2 heterocycles. The van der Waals surface area contributed by atoms with Crippen LogP contribution < -0.4 is 9.47 Å². The van der Waals surface area contributed by atoms with Crippen molar-refractivity contribution in [3.8, 4) is 11.6 Å². The third-order valence-corrected chi connectivity index (χ3v) is 6.36. The minimum absolute atomic E-state index is 0.0592. The molecule has 0 N–H and O–H groups in total. The van der Waals surface area contributed by atoms with Crippen LogP contribution in [0.1, 0.15) is 24.1 Å². The van der Waals surface area contributed by atoms with Crippen molar-refractivity contribution in [1.82, 2.24) is 14.5 Å². The predicted molar refractivity (Wildman–Crippen MR) is 96.9 cm³/mol. The molecule has 0 radical (unpaired) electrons. The van der Waals surface area contributed by atoms with Crippen LogP contribution in [-0.4, -0.2) is 49.2 Å². The van der Waals surface area contributed by atoms with E-state index in [0.717, 1.165) is 11.3 Å². The molecule has 0 amide bonds. The molecule has 1 aliphatic heterocycles. The van der Waals surface area contributed by atoms with Crippen LogP contribution in [0.25, 0.3) is 0 Å². The highest BCUT2D eigenvalue weighted by Crippen LogP contribution is 2.26. The number of methoxy groups -OCH3 is 1. The minimum atomic E-state index is -3.52. The zero-order chi connectivity index (χ0) is 18.7. The molecule has 140 valence electrons. The number of ether oxygens (including phenoxy) is 2. The third-order valence-electron chi connectivity index (χ3n) is 4.47. The molecule has 1 aromatic carbocycles. The summed E-state index contributed by atoms with van der Waals surface area (Å²) in [5, 5.41) is 7.97. The number of rotatable bonds is 5. The average molecular weight is 377 g/mol. The van der Waals surface area contributed by atoms with E-state index in [4.69, 9.17) is 9.47 Å². The Morgan fingerprint density at radius 2 is 1.81 bits per heavy atom. The number of aryl methyl sites for hydroxylation is 2. The van der Waals surface area contributed by atoms with Gasteiger partial charge in [-0.25, -0.2) is 8.42 Å². The van der Waals surface area contributed by atoms with Gasteiger partial charge in [0.1, 0.15) is 11.9 Å². The monoisotopic (exact) mass is 377 g/mol. The Balaban J connectivity index is 1.65. The van der Waals surface area contributed by atoms with Crippen LogP contribution in [0.3, 0.4) is 0 Å². The lowest BCUT2D eigenvalue weighted by atomic mass is 10.1. The van der Waals surface area contributed by atoms with Crippen molar-refractivity contribution in [1.29, 1.82) is 0 Å². The lowest BCUT2D eigenvalue weighted by Gasteiger charge is -2.31. The molecule has 2 aromatic rings. The molecule has 26 heavy (non-hydrogen) atoms. The SMILES string of the molecule is COc1ccc(S(=O)(=O)N2CCC(Oc3ccc(C)nn3)CC2)cc1C. The normalized spacial score (nSPS) is 16.4. The zero-order valence-electron chi connectivity index (χ0n) is 15.2. The molecule has 0 spiro atoms. The summed E-state index contributed by atoms with van der Waals surface area (Å²) in [5.74, 6) is 1.15. The van der Waals surface area contributed by atoms with Crippen molar-refractivity contribution >= 4 is 10.0 Å². The fourth-order valence-electron chi connectivity index (χ4n) is 2.97. The number of sulfonamides is 1. The number of nitrogens with zero attached hydrogens (tertiary/aromatic N) is 3. The van der Waals surface area contributed by atoms with Gasteiger partial charge in [0.2, 0.25) is 15.9 Å². The number of piperidine rings is 1. The molecule has 0 unspecified atom stereocenters. The molecule has 1 aliphatic rings. The summed E-state index contributed by atoms with van der Waals surface area (Å²) < 4.78 is 38.3. The molecule has 0 atom stereocenters. The maximum atomic E-state index is 12.9. The van der Waals surface area contributed by atoms with Crippen LogP contribution in [0.2, 0.25) is 0 Å². The van der Waals surface area contributed by atoms with E-state index in [-0.39, 0.29) is 6.10 Å². The highest BCUT2D eigenvalue weighted by atomic mass is 32.2. The maximum absolute atomic E-state index is 12.9. The fourth-order valence-corrected chi connectivity index (χ4v) is 4.53. The first-order valence-electron chi connectivity index (χ1n) is 8.52. The summed E-state index contributed by atoms with van der Waals surface area (Å²) in [6.45, 7) is 4.52. The molecule has 3 rings (SSSR count). The second kappa shape index (κ2) is 7.59. The van der Waals surface area contributed by atoms with Gasteiger partial charge in [-0.15, -0.1) is 5.10 Å². The molecule has 0 aliphatic carbocycles. The van der Waals surface area contributed by atoms with E-state index in [1.54, 1.807) is 31.4 Å². The van der Waals surface area contributed by atoms with Gasteiger partial charge in [-0.2, -0.15) is 9.40 Å². The first kappa shape index (κ1) is 18.6. The Hall–Kier alpha value is -2.19. The third kappa shape index (κ3) is 3.96. The summed E-state index contributed by atoms with van der Waals surface area (Å²) in [6, 6.07) is 8.55. The van der Waals surface area contributed by atoms with E-state index < -0.39 is 10.0 Å². The fraction of sp³-hybridized carbons (Fsp3) is 0.444. The Bertz CT molecular complexity index is 861. The molecule has 7 nitrogen and oxygen atoms in total. The largest absolute Gasteiger partial charge is 0.496 e. The Labute approximate surface area is 154 Å². The van der Waals surface area contributed by atoms with Crippen LogP contribution in [0.15, 0.2) is 35.2 Å². The van der Waals surface area contributed by atoms with Gasteiger partial charge in [-0.1, -0.05) is 0 Å². The summed E-state index contributed by atoms with van der Waals surface area (Å²) in [7, 11) is -1.95. The minimum Gasteiger partial charge on any atom is -0.496 e. The standard InChI is InChI=1S/C18H23N3O4S/c1-13-12-16(5-6-17(13)24-3)26(22,23)21-10-8-15(9-11-21)25-18-7-4-14(2)19-20-18/h4-7,12,15H,8-11H2,1-3H3. The van der Waals surface area contributed by atoms with Gasteiger partial charge in [0.25, 0.3) is 0 Å². The second-order valence-corrected chi connectivity index (χ2v) is 8.30. The van der Waals surface area contributed by atoms with Crippen LogP contribution in [0.5, 0.6) is 11.6 Å². The van der Waals surface area contributed by atoms with Crippen molar-refractivity contribution in [3.05, 3.63) is 41.6 Å². The quantitative estimate of drug-likeness (QED) is 0.795. The van der Waals surface area contributed by atoms with E-state index in [1.807, 2.05) is 19.9 Å². The molecule has 1 saturated heterocycles. The van der Waals surface area contributed by atoms with E-state index in [2.05, 4.69) is 10.2 Å². The number of benzene rings is 1. The molecule has 1 aromatic heterocycles. The number of hydrogen-bond donors (Lipinski definition) is 0. The highest BCUT2D eigenvalue weighted by molar-refractivity contribution is 7.89. The van der Waals surface area contributed by atoms with Crippen molar-refractivity contribution in [3.63, 3.8) is 0 Å². The smallest absolute Gasteiger partial charge is 0.243 e. The molecule has 8 heteroatoms. The lowest BCUT2D eigenvalue weighted by molar-refractivity contribution is 0.128. The maximum Gasteiger partial charge on any atom is 0.243 e. The van der Waals surface area contributed by atoms with Crippen LogP contribution in [-0.2, 0) is 10.0 Å². The highest BCUT2D eigenvalue weighted by Gasteiger charge is 2.30. The first-order valence-corrected chi connectivity index (χ1v) is 9.96. The summed E-state index contributed by atoms with van der Waals surface area (Å²) in [5.41, 5.74) is 1.62. The summed E-state index contributed by atoms with van der Waals surface area (Å²) in [6.07, 6.45) is 1.17. The number of hydrogen-bond acceptors (Lipinski definition) is 6. The molecule has 0 bridgehead atoms. The van der Waals surface area contributed by atoms with Gasteiger partial charge in [-0.05, 0) is 56.5 Å². The van der Waals surface area contributed by atoms with Gasteiger partial charge in [0, 0.05) is 19.2 Å². The molecule has 0 saturated carbocycles. The van der Waals surface area contributed by atoms with Gasteiger partial charge in [0.05, 0.1) is 17.7 Å². The molecule has 1 fully saturated rings. The molecular formula is C18H23N3O4S. The Morgan fingerprint density at radius 1 is 1.08 bits per heavy atom. The molecular weight excluding hydrogens is 354 g/mol. The van der Waals surface area contributed by atoms with Crippen LogP contribution in [0, 0.1) is 13.8 Å². The van der Waals surface area contributed by atoms with Gasteiger partial charge in [0.15, 0.2) is 0 Å². The van der Waals surface area contributed by atoms with E-state index >= 15 is 0 Å².